The number of rotatable bonds is 4. The second-order valence-corrected chi connectivity index (χ2v) is 7.39. The highest BCUT2D eigenvalue weighted by Crippen LogP contribution is 2.37. The third-order valence-electron chi connectivity index (χ3n) is 5.38. The first-order valence-corrected chi connectivity index (χ1v) is 9.67. The van der Waals surface area contributed by atoms with Crippen LogP contribution in [0.1, 0.15) is 36.3 Å². The first kappa shape index (κ1) is 18.7. The molecule has 2 aliphatic heterocycles. The molecule has 2 unspecified atom stereocenters. The number of benzene rings is 1. The Hall–Kier alpha value is -2.67. The molecule has 0 aliphatic carbocycles. The molecule has 2 aromatic rings. The van der Waals surface area contributed by atoms with Crippen LogP contribution in [0.4, 0.5) is 10.3 Å². The van der Waals surface area contributed by atoms with Gasteiger partial charge in [0.1, 0.15) is 11.6 Å². The summed E-state index contributed by atoms with van der Waals surface area (Å²) in [7, 11) is 1.56. The molecule has 7 heteroatoms. The number of methoxy groups -OCH3 is 1. The Morgan fingerprint density at radius 3 is 2.93 bits per heavy atom. The number of hydrogen-bond acceptors (Lipinski definition) is 6. The van der Waals surface area contributed by atoms with Crippen LogP contribution in [0.2, 0.25) is 0 Å². The number of aryl methyl sites for hydroxylation is 1. The van der Waals surface area contributed by atoms with E-state index in [0.29, 0.717) is 23.8 Å². The fourth-order valence-corrected chi connectivity index (χ4v) is 3.91. The van der Waals surface area contributed by atoms with Gasteiger partial charge in [-0.05, 0) is 37.6 Å². The van der Waals surface area contributed by atoms with Gasteiger partial charge < -0.3 is 20.3 Å². The van der Waals surface area contributed by atoms with Crippen LogP contribution in [-0.4, -0.2) is 42.8 Å². The van der Waals surface area contributed by atoms with Gasteiger partial charge in [-0.1, -0.05) is 6.07 Å². The SMILES string of the molecule is COc1cccc(F)c1C1=CNC(c2cc(C)nc(N3CCNCC3C)n2)C1. The van der Waals surface area contributed by atoms with E-state index in [1.807, 2.05) is 19.2 Å². The van der Waals surface area contributed by atoms with Crippen molar-refractivity contribution in [2.75, 3.05) is 31.6 Å². The molecular weight excluding hydrogens is 357 g/mol. The maximum Gasteiger partial charge on any atom is 0.226 e. The number of aromatic nitrogens is 2. The van der Waals surface area contributed by atoms with Crippen molar-refractivity contribution in [3.63, 3.8) is 0 Å². The summed E-state index contributed by atoms with van der Waals surface area (Å²) in [4.78, 5) is 11.8. The zero-order chi connectivity index (χ0) is 19.7. The molecule has 1 saturated heterocycles. The van der Waals surface area contributed by atoms with E-state index >= 15 is 0 Å². The molecule has 2 atom stereocenters. The number of nitrogens with one attached hydrogen (secondary N) is 2. The third kappa shape index (κ3) is 3.54. The lowest BCUT2D eigenvalue weighted by atomic mass is 9.99. The van der Waals surface area contributed by atoms with Gasteiger partial charge in [0.05, 0.1) is 24.4 Å². The van der Waals surface area contributed by atoms with Crippen molar-refractivity contribution in [1.29, 1.82) is 0 Å². The lowest BCUT2D eigenvalue weighted by Gasteiger charge is -2.34. The highest BCUT2D eigenvalue weighted by molar-refractivity contribution is 5.73. The molecule has 4 rings (SSSR count). The molecule has 3 heterocycles. The lowest BCUT2D eigenvalue weighted by Crippen LogP contribution is -2.50. The maximum atomic E-state index is 14.4. The first-order valence-electron chi connectivity index (χ1n) is 9.67. The zero-order valence-electron chi connectivity index (χ0n) is 16.5. The van der Waals surface area contributed by atoms with Crippen molar-refractivity contribution in [3.05, 3.63) is 53.2 Å². The van der Waals surface area contributed by atoms with Gasteiger partial charge in [-0.25, -0.2) is 14.4 Å². The molecule has 28 heavy (non-hydrogen) atoms. The van der Waals surface area contributed by atoms with Gasteiger partial charge in [-0.3, -0.25) is 0 Å². The summed E-state index contributed by atoms with van der Waals surface area (Å²) in [5.41, 5.74) is 3.26. The van der Waals surface area contributed by atoms with Crippen molar-refractivity contribution >= 4 is 11.5 Å². The van der Waals surface area contributed by atoms with Gasteiger partial charge in [-0.15, -0.1) is 0 Å². The number of piperazine rings is 1. The average Bonchev–Trinajstić information content (AvgIpc) is 3.17. The van der Waals surface area contributed by atoms with Crippen molar-refractivity contribution in [1.82, 2.24) is 20.6 Å². The topological polar surface area (TPSA) is 62.3 Å². The summed E-state index contributed by atoms with van der Waals surface area (Å²) in [6.07, 6.45) is 2.51. The van der Waals surface area contributed by atoms with E-state index in [2.05, 4.69) is 27.4 Å². The second-order valence-electron chi connectivity index (χ2n) is 7.39. The number of hydrogen-bond donors (Lipinski definition) is 2. The molecule has 148 valence electrons. The van der Waals surface area contributed by atoms with Crippen molar-refractivity contribution in [2.45, 2.75) is 32.4 Å². The van der Waals surface area contributed by atoms with E-state index in [0.717, 1.165) is 42.5 Å². The number of nitrogens with zero attached hydrogens (tertiary/aromatic N) is 3. The number of halogens is 1. The van der Waals surface area contributed by atoms with Gasteiger partial charge in [-0.2, -0.15) is 0 Å². The molecular formula is C21H26FN5O. The van der Waals surface area contributed by atoms with Crippen LogP contribution in [0.5, 0.6) is 5.75 Å². The van der Waals surface area contributed by atoms with Gasteiger partial charge in [0, 0.05) is 44.0 Å². The predicted molar refractivity (Wildman–Crippen MR) is 108 cm³/mol. The summed E-state index contributed by atoms with van der Waals surface area (Å²) >= 11 is 0. The van der Waals surface area contributed by atoms with E-state index in [1.54, 1.807) is 19.2 Å². The molecule has 2 N–H and O–H groups in total. The fraction of sp³-hybridized carbons (Fsp3) is 0.429. The van der Waals surface area contributed by atoms with E-state index in [-0.39, 0.29) is 11.9 Å². The Kier molecular flexibility index (Phi) is 5.17. The molecule has 0 radical (unpaired) electrons. The molecule has 1 aromatic heterocycles. The summed E-state index contributed by atoms with van der Waals surface area (Å²) < 4.78 is 19.8. The summed E-state index contributed by atoms with van der Waals surface area (Å²) in [6.45, 7) is 6.91. The largest absolute Gasteiger partial charge is 0.496 e. The summed E-state index contributed by atoms with van der Waals surface area (Å²) in [5.74, 6) is 1.04. The normalized spacial score (nSPS) is 22.0. The monoisotopic (exact) mass is 383 g/mol. The maximum absolute atomic E-state index is 14.4. The Balaban J connectivity index is 1.59. The minimum atomic E-state index is -0.276. The van der Waals surface area contributed by atoms with E-state index < -0.39 is 0 Å². The lowest BCUT2D eigenvalue weighted by molar-refractivity contribution is 0.409. The average molecular weight is 383 g/mol. The highest BCUT2D eigenvalue weighted by Gasteiger charge is 2.27. The van der Waals surface area contributed by atoms with Crippen molar-refractivity contribution < 1.29 is 9.13 Å². The van der Waals surface area contributed by atoms with Gasteiger partial charge in [0.25, 0.3) is 0 Å². The van der Waals surface area contributed by atoms with Crippen molar-refractivity contribution in [3.8, 4) is 5.75 Å². The van der Waals surface area contributed by atoms with E-state index in [9.17, 15) is 4.39 Å². The minimum Gasteiger partial charge on any atom is -0.496 e. The highest BCUT2D eigenvalue weighted by atomic mass is 19.1. The Bertz CT molecular complexity index is 900. The molecule has 0 amide bonds. The molecule has 1 fully saturated rings. The van der Waals surface area contributed by atoms with Crippen LogP contribution in [0.25, 0.3) is 5.57 Å². The van der Waals surface area contributed by atoms with Gasteiger partial charge in [0.15, 0.2) is 0 Å². The smallest absolute Gasteiger partial charge is 0.226 e. The van der Waals surface area contributed by atoms with Crippen LogP contribution in [-0.2, 0) is 0 Å². The molecule has 1 aromatic carbocycles. The summed E-state index contributed by atoms with van der Waals surface area (Å²) in [5, 5.41) is 6.76. The Morgan fingerprint density at radius 2 is 2.14 bits per heavy atom. The number of anilines is 1. The summed E-state index contributed by atoms with van der Waals surface area (Å²) in [6, 6.07) is 7.24. The zero-order valence-corrected chi connectivity index (χ0v) is 16.5. The van der Waals surface area contributed by atoms with Gasteiger partial charge in [0.2, 0.25) is 5.95 Å². The van der Waals surface area contributed by atoms with Gasteiger partial charge >= 0.3 is 0 Å². The molecule has 0 saturated carbocycles. The minimum absolute atomic E-state index is 0.0158. The van der Waals surface area contributed by atoms with Crippen LogP contribution in [0, 0.1) is 12.7 Å². The third-order valence-corrected chi connectivity index (χ3v) is 5.38. The fourth-order valence-electron chi connectivity index (χ4n) is 3.91. The Morgan fingerprint density at radius 1 is 1.29 bits per heavy atom. The van der Waals surface area contributed by atoms with E-state index in [1.165, 1.54) is 6.07 Å². The Labute approximate surface area is 164 Å². The molecule has 6 nitrogen and oxygen atoms in total. The van der Waals surface area contributed by atoms with Crippen LogP contribution in [0.15, 0.2) is 30.5 Å². The first-order chi connectivity index (χ1) is 13.6. The van der Waals surface area contributed by atoms with Crippen LogP contribution < -0.4 is 20.3 Å². The second kappa shape index (κ2) is 7.75. The molecule has 0 spiro atoms. The molecule has 0 bridgehead atoms. The standard InChI is InChI=1S/C21H26FN5O/c1-13-9-18(26-21(25-13)27-8-7-23-11-14(27)2)17-10-15(12-24-17)20-16(22)5-4-6-19(20)28-3/h4-6,9,12,14,17,23-24H,7-8,10-11H2,1-3H3. The predicted octanol–water partition coefficient (Wildman–Crippen LogP) is 2.81. The molecule has 2 aliphatic rings. The van der Waals surface area contributed by atoms with Crippen molar-refractivity contribution in [2.24, 2.45) is 0 Å². The quantitative estimate of drug-likeness (QED) is 0.847. The van der Waals surface area contributed by atoms with Crippen LogP contribution >= 0.6 is 0 Å². The van der Waals surface area contributed by atoms with E-state index in [4.69, 9.17) is 9.72 Å². The number of ether oxygens (including phenoxy) is 1. The van der Waals surface area contributed by atoms with Crippen LogP contribution in [0.3, 0.4) is 0 Å².